The molecule has 0 bridgehead atoms. The lowest BCUT2D eigenvalue weighted by Crippen LogP contribution is -1.85. The number of non-ortho nitro benzene ring substituents is 1. The number of rotatable bonds is 2. The van der Waals surface area contributed by atoms with Crippen LogP contribution in [0.15, 0.2) is 42.5 Å². The SMILES string of the molecule is O=[N+]([O-])c1ccc2nc(-c3ccc(Cl)cc3)sc2c1. The quantitative estimate of drug-likeness (QED) is 0.515. The predicted octanol–water partition coefficient (Wildman–Crippen LogP) is 4.52. The first-order chi connectivity index (χ1) is 9.13. The van der Waals surface area contributed by atoms with Gasteiger partial charge < -0.3 is 0 Å². The Labute approximate surface area is 117 Å². The van der Waals surface area contributed by atoms with Crippen molar-refractivity contribution < 1.29 is 4.92 Å². The Bertz CT molecular complexity index is 768. The summed E-state index contributed by atoms with van der Waals surface area (Å²) in [5.41, 5.74) is 1.80. The molecule has 0 saturated carbocycles. The molecule has 0 N–H and O–H groups in total. The van der Waals surface area contributed by atoms with Gasteiger partial charge in [0.15, 0.2) is 0 Å². The van der Waals surface area contributed by atoms with Crippen molar-refractivity contribution in [3.05, 3.63) is 57.6 Å². The Kier molecular flexibility index (Phi) is 2.93. The van der Waals surface area contributed by atoms with Gasteiger partial charge in [-0.15, -0.1) is 11.3 Å². The van der Waals surface area contributed by atoms with Crippen LogP contribution < -0.4 is 0 Å². The second-order valence-electron chi connectivity index (χ2n) is 3.94. The molecule has 2 aromatic carbocycles. The third kappa shape index (κ3) is 2.30. The van der Waals surface area contributed by atoms with Crippen LogP contribution in [0.1, 0.15) is 0 Å². The first-order valence-electron chi connectivity index (χ1n) is 5.44. The molecule has 4 nitrogen and oxygen atoms in total. The molecule has 3 rings (SSSR count). The van der Waals surface area contributed by atoms with E-state index in [1.165, 1.54) is 17.4 Å². The van der Waals surface area contributed by atoms with Gasteiger partial charge in [-0.1, -0.05) is 23.7 Å². The van der Waals surface area contributed by atoms with Crippen LogP contribution in [0.25, 0.3) is 20.8 Å². The fourth-order valence-electron chi connectivity index (χ4n) is 1.74. The zero-order valence-corrected chi connectivity index (χ0v) is 11.1. The van der Waals surface area contributed by atoms with E-state index in [1.807, 2.05) is 12.1 Å². The highest BCUT2D eigenvalue weighted by molar-refractivity contribution is 7.21. The van der Waals surface area contributed by atoms with Crippen molar-refractivity contribution in [2.24, 2.45) is 0 Å². The number of halogens is 1. The summed E-state index contributed by atoms with van der Waals surface area (Å²) < 4.78 is 0.805. The molecular formula is C13H7ClN2O2S. The van der Waals surface area contributed by atoms with Crippen LogP contribution in [0, 0.1) is 10.1 Å². The van der Waals surface area contributed by atoms with Crippen LogP contribution in [-0.4, -0.2) is 9.91 Å². The number of hydrogen-bond acceptors (Lipinski definition) is 4. The number of benzene rings is 2. The summed E-state index contributed by atoms with van der Waals surface area (Å²) in [6, 6.07) is 12.0. The van der Waals surface area contributed by atoms with Crippen molar-refractivity contribution in [3.8, 4) is 10.6 Å². The van der Waals surface area contributed by atoms with Gasteiger partial charge in [-0.2, -0.15) is 0 Å². The van der Waals surface area contributed by atoms with E-state index >= 15 is 0 Å². The van der Waals surface area contributed by atoms with Crippen LogP contribution in [0.2, 0.25) is 5.02 Å². The second-order valence-corrected chi connectivity index (χ2v) is 5.40. The predicted molar refractivity (Wildman–Crippen MR) is 76.7 cm³/mol. The van der Waals surface area contributed by atoms with E-state index in [-0.39, 0.29) is 5.69 Å². The second kappa shape index (κ2) is 4.60. The fraction of sp³-hybridized carbons (Fsp3) is 0. The van der Waals surface area contributed by atoms with Crippen LogP contribution in [0.5, 0.6) is 0 Å². The Balaban J connectivity index is 2.11. The fourth-order valence-corrected chi connectivity index (χ4v) is 2.87. The highest BCUT2D eigenvalue weighted by atomic mass is 35.5. The monoisotopic (exact) mass is 290 g/mol. The van der Waals surface area contributed by atoms with Crippen molar-refractivity contribution in [2.75, 3.05) is 0 Å². The van der Waals surface area contributed by atoms with E-state index in [4.69, 9.17) is 11.6 Å². The maximum absolute atomic E-state index is 10.7. The number of nitrogens with zero attached hydrogens (tertiary/aromatic N) is 2. The number of nitro groups is 1. The van der Waals surface area contributed by atoms with E-state index in [2.05, 4.69) is 4.98 Å². The highest BCUT2D eigenvalue weighted by Gasteiger charge is 2.11. The molecule has 0 spiro atoms. The molecule has 0 saturated heterocycles. The molecule has 1 heterocycles. The molecular weight excluding hydrogens is 284 g/mol. The van der Waals surface area contributed by atoms with E-state index in [0.717, 1.165) is 20.8 Å². The summed E-state index contributed by atoms with van der Waals surface area (Å²) in [7, 11) is 0. The van der Waals surface area contributed by atoms with Gasteiger partial charge in [0.1, 0.15) is 5.01 Å². The van der Waals surface area contributed by atoms with Gasteiger partial charge in [0.25, 0.3) is 5.69 Å². The van der Waals surface area contributed by atoms with E-state index in [9.17, 15) is 10.1 Å². The van der Waals surface area contributed by atoms with Crippen LogP contribution >= 0.6 is 22.9 Å². The maximum atomic E-state index is 10.7. The van der Waals surface area contributed by atoms with Gasteiger partial charge >= 0.3 is 0 Å². The Morgan fingerprint density at radius 2 is 1.89 bits per heavy atom. The van der Waals surface area contributed by atoms with E-state index in [1.54, 1.807) is 24.3 Å². The van der Waals surface area contributed by atoms with Crippen molar-refractivity contribution >= 4 is 38.8 Å². The number of aromatic nitrogens is 1. The normalized spacial score (nSPS) is 10.8. The third-order valence-corrected chi connectivity index (χ3v) is 3.99. The van der Waals surface area contributed by atoms with Crippen molar-refractivity contribution in [1.82, 2.24) is 4.98 Å². The number of nitro benzene ring substituents is 1. The molecule has 0 aliphatic rings. The maximum Gasteiger partial charge on any atom is 0.270 e. The van der Waals surface area contributed by atoms with Crippen molar-refractivity contribution in [1.29, 1.82) is 0 Å². The average molecular weight is 291 g/mol. The van der Waals surface area contributed by atoms with Gasteiger partial charge in [0.2, 0.25) is 0 Å². The zero-order chi connectivity index (χ0) is 13.4. The zero-order valence-electron chi connectivity index (χ0n) is 9.54. The van der Waals surface area contributed by atoms with Gasteiger partial charge in [-0.3, -0.25) is 10.1 Å². The Morgan fingerprint density at radius 3 is 2.58 bits per heavy atom. The van der Waals surface area contributed by atoms with Gasteiger partial charge in [-0.05, 0) is 18.2 Å². The van der Waals surface area contributed by atoms with Crippen molar-refractivity contribution in [2.45, 2.75) is 0 Å². The van der Waals surface area contributed by atoms with Gasteiger partial charge in [-0.25, -0.2) is 4.98 Å². The lowest BCUT2D eigenvalue weighted by molar-refractivity contribution is -0.384. The summed E-state index contributed by atoms with van der Waals surface area (Å²) in [6.07, 6.45) is 0. The lowest BCUT2D eigenvalue weighted by Gasteiger charge is -1.94. The minimum Gasteiger partial charge on any atom is -0.258 e. The number of thiazole rings is 1. The number of fused-ring (bicyclic) bond motifs is 1. The van der Waals surface area contributed by atoms with Crippen LogP contribution in [-0.2, 0) is 0 Å². The van der Waals surface area contributed by atoms with Crippen molar-refractivity contribution in [3.63, 3.8) is 0 Å². The van der Waals surface area contributed by atoms with E-state index < -0.39 is 4.92 Å². The number of hydrogen-bond donors (Lipinski definition) is 0. The van der Waals surface area contributed by atoms with E-state index in [0.29, 0.717) is 5.02 Å². The summed E-state index contributed by atoms with van der Waals surface area (Å²) in [6.45, 7) is 0. The Morgan fingerprint density at radius 1 is 1.16 bits per heavy atom. The minimum absolute atomic E-state index is 0.0822. The molecule has 0 radical (unpaired) electrons. The topological polar surface area (TPSA) is 56.0 Å². The minimum atomic E-state index is -0.402. The Hall–Kier alpha value is -1.98. The first kappa shape index (κ1) is 12.1. The molecule has 0 unspecified atom stereocenters. The smallest absolute Gasteiger partial charge is 0.258 e. The average Bonchev–Trinajstić information content (AvgIpc) is 2.82. The highest BCUT2D eigenvalue weighted by Crippen LogP contribution is 2.32. The largest absolute Gasteiger partial charge is 0.270 e. The molecule has 19 heavy (non-hydrogen) atoms. The molecule has 0 fully saturated rings. The molecule has 0 atom stereocenters. The summed E-state index contributed by atoms with van der Waals surface area (Å²) >= 11 is 7.27. The molecule has 94 valence electrons. The summed E-state index contributed by atoms with van der Waals surface area (Å²) in [5, 5.41) is 12.2. The molecule has 3 aromatic rings. The molecule has 0 amide bonds. The standard InChI is InChI=1S/C13H7ClN2O2S/c14-9-3-1-8(2-4-9)13-15-11-6-5-10(16(17)18)7-12(11)19-13/h1-7H. The molecule has 1 aromatic heterocycles. The molecule has 0 aliphatic heterocycles. The summed E-state index contributed by atoms with van der Waals surface area (Å²) in [4.78, 5) is 14.8. The van der Waals surface area contributed by atoms with Crippen LogP contribution in [0.3, 0.4) is 0 Å². The lowest BCUT2D eigenvalue weighted by atomic mass is 10.2. The first-order valence-corrected chi connectivity index (χ1v) is 6.64. The third-order valence-electron chi connectivity index (χ3n) is 2.67. The molecule has 6 heteroatoms. The molecule has 0 aliphatic carbocycles. The van der Waals surface area contributed by atoms with Gasteiger partial charge in [0.05, 0.1) is 15.1 Å². The van der Waals surface area contributed by atoms with Gasteiger partial charge in [0, 0.05) is 22.7 Å². The van der Waals surface area contributed by atoms with Crippen LogP contribution in [0.4, 0.5) is 5.69 Å². The summed E-state index contributed by atoms with van der Waals surface area (Å²) in [5.74, 6) is 0.